The molecule has 26 heavy (non-hydrogen) atoms. The van der Waals surface area contributed by atoms with Gasteiger partial charge in [0.15, 0.2) is 5.96 Å². The Bertz CT molecular complexity index is 856. The van der Waals surface area contributed by atoms with Crippen LogP contribution in [-0.2, 0) is 13.1 Å². The summed E-state index contributed by atoms with van der Waals surface area (Å²) in [5, 5.41) is 12.3. The molecular weight excluding hydrogens is 459 g/mol. The zero-order valence-corrected chi connectivity index (χ0v) is 18.2. The van der Waals surface area contributed by atoms with Crippen molar-refractivity contribution in [2.45, 2.75) is 26.9 Å². The standard InChI is InChI=1S/C18H22N6S.HI/c1-13-17(25-14(2)22-13)12-21-18(19-3)20-11-15-9-10-24(23-15)16-7-5-4-6-8-16;/h4-10H,11-12H2,1-3H3,(H2,19,20,21);1H. The molecule has 0 amide bonds. The first-order valence-electron chi connectivity index (χ1n) is 8.13. The van der Waals surface area contributed by atoms with Crippen LogP contribution < -0.4 is 10.6 Å². The number of halogens is 1. The molecule has 6 nitrogen and oxygen atoms in total. The fourth-order valence-corrected chi connectivity index (χ4v) is 3.35. The third-order valence-electron chi connectivity index (χ3n) is 3.74. The summed E-state index contributed by atoms with van der Waals surface area (Å²) in [5.41, 5.74) is 3.08. The van der Waals surface area contributed by atoms with Gasteiger partial charge in [0.1, 0.15) is 0 Å². The largest absolute Gasteiger partial charge is 0.351 e. The molecule has 3 rings (SSSR count). The Morgan fingerprint density at radius 2 is 1.85 bits per heavy atom. The average molecular weight is 482 g/mol. The van der Waals surface area contributed by atoms with E-state index < -0.39 is 0 Å². The van der Waals surface area contributed by atoms with Gasteiger partial charge in [0.05, 0.1) is 35.2 Å². The van der Waals surface area contributed by atoms with E-state index in [1.54, 1.807) is 18.4 Å². The van der Waals surface area contributed by atoms with Crippen LogP contribution in [0.1, 0.15) is 21.3 Å². The molecular formula is C18H23IN6S. The van der Waals surface area contributed by atoms with E-state index in [2.05, 4.69) is 25.7 Å². The topological polar surface area (TPSA) is 67.1 Å². The maximum Gasteiger partial charge on any atom is 0.191 e. The molecule has 0 unspecified atom stereocenters. The third-order valence-corrected chi connectivity index (χ3v) is 4.81. The Balaban J connectivity index is 0.00000243. The summed E-state index contributed by atoms with van der Waals surface area (Å²) < 4.78 is 1.87. The molecule has 0 aliphatic rings. The smallest absolute Gasteiger partial charge is 0.191 e. The predicted octanol–water partition coefficient (Wildman–Crippen LogP) is 3.43. The van der Waals surface area contributed by atoms with Crippen LogP contribution in [-0.4, -0.2) is 27.8 Å². The Morgan fingerprint density at radius 1 is 1.12 bits per heavy atom. The van der Waals surface area contributed by atoms with E-state index in [9.17, 15) is 0 Å². The maximum absolute atomic E-state index is 4.59. The minimum Gasteiger partial charge on any atom is -0.351 e. The molecule has 8 heteroatoms. The zero-order valence-electron chi connectivity index (χ0n) is 15.1. The Labute approximate surface area is 174 Å². The van der Waals surface area contributed by atoms with Crippen molar-refractivity contribution in [2.75, 3.05) is 7.05 Å². The summed E-state index contributed by atoms with van der Waals surface area (Å²) in [4.78, 5) is 9.94. The number of rotatable bonds is 5. The van der Waals surface area contributed by atoms with Gasteiger partial charge in [0, 0.05) is 18.1 Å². The summed E-state index contributed by atoms with van der Waals surface area (Å²) in [5.74, 6) is 0.750. The lowest BCUT2D eigenvalue weighted by atomic mass is 10.3. The number of aryl methyl sites for hydroxylation is 2. The zero-order chi connectivity index (χ0) is 17.6. The van der Waals surface area contributed by atoms with Gasteiger partial charge in [0.25, 0.3) is 0 Å². The van der Waals surface area contributed by atoms with Crippen LogP contribution in [0.25, 0.3) is 5.69 Å². The van der Waals surface area contributed by atoms with Crippen molar-refractivity contribution in [1.82, 2.24) is 25.4 Å². The van der Waals surface area contributed by atoms with E-state index in [1.807, 2.05) is 61.1 Å². The Kier molecular flexibility index (Phi) is 7.58. The van der Waals surface area contributed by atoms with Gasteiger partial charge in [-0.25, -0.2) is 9.67 Å². The lowest BCUT2D eigenvalue weighted by Gasteiger charge is -2.10. The van der Waals surface area contributed by atoms with Crippen molar-refractivity contribution in [3.05, 3.63) is 63.9 Å². The average Bonchev–Trinajstić information content (AvgIpc) is 3.22. The number of aliphatic imine (C=N–C) groups is 1. The fraction of sp³-hybridized carbons (Fsp3) is 0.278. The van der Waals surface area contributed by atoms with Crippen LogP contribution in [0, 0.1) is 13.8 Å². The fourth-order valence-electron chi connectivity index (χ4n) is 2.48. The number of thiazole rings is 1. The number of para-hydroxylation sites is 1. The number of benzene rings is 1. The number of nitrogens with zero attached hydrogens (tertiary/aromatic N) is 4. The van der Waals surface area contributed by atoms with Crippen molar-refractivity contribution < 1.29 is 0 Å². The summed E-state index contributed by atoms with van der Waals surface area (Å²) in [7, 11) is 1.77. The quantitative estimate of drug-likeness (QED) is 0.332. The molecule has 0 saturated heterocycles. The summed E-state index contributed by atoms with van der Waals surface area (Å²) in [6.45, 7) is 5.39. The van der Waals surface area contributed by atoms with Crippen molar-refractivity contribution in [1.29, 1.82) is 0 Å². The predicted molar refractivity (Wildman–Crippen MR) is 118 cm³/mol. The highest BCUT2D eigenvalue weighted by atomic mass is 127. The van der Waals surface area contributed by atoms with Crippen LogP contribution >= 0.6 is 35.3 Å². The first-order chi connectivity index (χ1) is 12.2. The minimum atomic E-state index is 0. The third kappa shape index (κ3) is 5.28. The SMILES string of the molecule is CN=C(NCc1ccn(-c2ccccc2)n1)NCc1sc(C)nc1C.I. The van der Waals surface area contributed by atoms with Gasteiger partial charge in [-0.2, -0.15) is 5.10 Å². The second-order valence-electron chi connectivity index (χ2n) is 5.61. The van der Waals surface area contributed by atoms with Gasteiger partial charge in [-0.05, 0) is 32.0 Å². The summed E-state index contributed by atoms with van der Waals surface area (Å²) in [6, 6.07) is 12.1. The van der Waals surface area contributed by atoms with Crippen LogP contribution in [0.2, 0.25) is 0 Å². The van der Waals surface area contributed by atoms with Crippen LogP contribution in [0.3, 0.4) is 0 Å². The van der Waals surface area contributed by atoms with Gasteiger partial charge < -0.3 is 10.6 Å². The van der Waals surface area contributed by atoms with Crippen molar-refractivity contribution in [3.8, 4) is 5.69 Å². The molecule has 138 valence electrons. The molecule has 0 aliphatic carbocycles. The highest BCUT2D eigenvalue weighted by Crippen LogP contribution is 2.16. The second-order valence-corrected chi connectivity index (χ2v) is 6.90. The van der Waals surface area contributed by atoms with E-state index >= 15 is 0 Å². The molecule has 2 heterocycles. The normalized spacial score (nSPS) is 11.1. The molecule has 0 aliphatic heterocycles. The van der Waals surface area contributed by atoms with Gasteiger partial charge in [-0.15, -0.1) is 35.3 Å². The van der Waals surface area contributed by atoms with E-state index in [1.165, 1.54) is 4.88 Å². The second kappa shape index (κ2) is 9.67. The summed E-state index contributed by atoms with van der Waals surface area (Å²) in [6.07, 6.45) is 1.96. The molecule has 0 atom stereocenters. The van der Waals surface area contributed by atoms with Crippen molar-refractivity contribution >= 4 is 41.3 Å². The molecule has 0 saturated carbocycles. The molecule has 2 aromatic heterocycles. The number of aromatic nitrogens is 3. The minimum absolute atomic E-state index is 0. The van der Waals surface area contributed by atoms with Crippen LogP contribution in [0.4, 0.5) is 0 Å². The highest BCUT2D eigenvalue weighted by Gasteiger charge is 2.07. The first kappa shape index (κ1) is 20.4. The maximum atomic E-state index is 4.59. The number of hydrogen-bond donors (Lipinski definition) is 2. The molecule has 1 aromatic carbocycles. The van der Waals surface area contributed by atoms with Gasteiger partial charge in [-0.1, -0.05) is 18.2 Å². The highest BCUT2D eigenvalue weighted by molar-refractivity contribution is 14.0. The Morgan fingerprint density at radius 3 is 2.50 bits per heavy atom. The lowest BCUT2D eigenvalue weighted by Crippen LogP contribution is -2.36. The molecule has 0 fully saturated rings. The number of hydrogen-bond acceptors (Lipinski definition) is 4. The van der Waals surface area contributed by atoms with Crippen molar-refractivity contribution in [3.63, 3.8) is 0 Å². The summed E-state index contributed by atoms with van der Waals surface area (Å²) >= 11 is 1.71. The van der Waals surface area contributed by atoms with Gasteiger partial charge in [-0.3, -0.25) is 4.99 Å². The molecule has 0 spiro atoms. The lowest BCUT2D eigenvalue weighted by molar-refractivity contribution is 0.769. The molecule has 0 bridgehead atoms. The first-order valence-corrected chi connectivity index (χ1v) is 8.95. The van der Waals surface area contributed by atoms with E-state index in [4.69, 9.17) is 0 Å². The van der Waals surface area contributed by atoms with Crippen molar-refractivity contribution in [2.24, 2.45) is 4.99 Å². The number of nitrogens with one attached hydrogen (secondary N) is 2. The molecule has 0 radical (unpaired) electrons. The molecule has 3 aromatic rings. The van der Waals surface area contributed by atoms with E-state index in [0.717, 1.165) is 34.6 Å². The Hall–Kier alpha value is -1.94. The van der Waals surface area contributed by atoms with Crippen LogP contribution in [0.15, 0.2) is 47.6 Å². The van der Waals surface area contributed by atoms with Gasteiger partial charge >= 0.3 is 0 Å². The van der Waals surface area contributed by atoms with E-state index in [0.29, 0.717) is 6.54 Å². The monoisotopic (exact) mass is 482 g/mol. The molecule has 2 N–H and O–H groups in total. The van der Waals surface area contributed by atoms with E-state index in [-0.39, 0.29) is 24.0 Å². The number of guanidine groups is 1. The van der Waals surface area contributed by atoms with Gasteiger partial charge in [0.2, 0.25) is 0 Å². The van der Waals surface area contributed by atoms with Crippen LogP contribution in [0.5, 0.6) is 0 Å².